The summed E-state index contributed by atoms with van der Waals surface area (Å²) < 4.78 is 0. The topological polar surface area (TPSA) is 44.1 Å². The monoisotopic (exact) mass is 192 g/mol. The van der Waals surface area contributed by atoms with E-state index in [0.717, 1.165) is 25.7 Å². The average Bonchev–Trinajstić information content (AvgIpc) is 2.93. The maximum Gasteiger partial charge on any atom is 0.243 e. The van der Waals surface area contributed by atoms with Crippen LogP contribution in [0.15, 0.2) is 0 Å². The Balaban J connectivity index is 2.06. The quantitative estimate of drug-likeness (QED) is 0.666. The van der Waals surface area contributed by atoms with Gasteiger partial charge in [0.15, 0.2) is 0 Å². The smallest absolute Gasteiger partial charge is 0.243 e. The SMILES string of the molecule is CC1CC(C#N)(C(=O)N(C)C2CC2)C1. The summed E-state index contributed by atoms with van der Waals surface area (Å²) in [4.78, 5) is 13.8. The number of hydrogen-bond acceptors (Lipinski definition) is 2. The summed E-state index contributed by atoms with van der Waals surface area (Å²) in [5, 5.41) is 9.08. The van der Waals surface area contributed by atoms with E-state index in [1.54, 1.807) is 4.90 Å². The zero-order valence-corrected chi connectivity index (χ0v) is 8.79. The molecule has 14 heavy (non-hydrogen) atoms. The molecule has 2 rings (SSSR count). The zero-order chi connectivity index (χ0) is 10.3. The van der Waals surface area contributed by atoms with Gasteiger partial charge in [-0.05, 0) is 31.6 Å². The number of hydrogen-bond donors (Lipinski definition) is 0. The fourth-order valence-corrected chi connectivity index (χ4v) is 2.41. The van der Waals surface area contributed by atoms with Crippen molar-refractivity contribution in [2.24, 2.45) is 11.3 Å². The van der Waals surface area contributed by atoms with Crippen molar-refractivity contribution >= 4 is 5.91 Å². The molecule has 3 nitrogen and oxygen atoms in total. The number of rotatable bonds is 2. The van der Waals surface area contributed by atoms with Crippen molar-refractivity contribution in [2.45, 2.75) is 38.6 Å². The van der Waals surface area contributed by atoms with Gasteiger partial charge >= 0.3 is 0 Å². The summed E-state index contributed by atoms with van der Waals surface area (Å²) in [6.45, 7) is 2.10. The lowest BCUT2D eigenvalue weighted by atomic mass is 9.63. The van der Waals surface area contributed by atoms with E-state index in [1.165, 1.54) is 0 Å². The first-order chi connectivity index (χ1) is 6.59. The lowest BCUT2D eigenvalue weighted by Crippen LogP contribution is -2.49. The minimum atomic E-state index is -0.670. The second kappa shape index (κ2) is 2.98. The van der Waals surface area contributed by atoms with Crippen molar-refractivity contribution in [3.63, 3.8) is 0 Å². The first kappa shape index (κ1) is 9.51. The molecule has 0 aromatic carbocycles. The van der Waals surface area contributed by atoms with Gasteiger partial charge in [0, 0.05) is 13.1 Å². The summed E-state index contributed by atoms with van der Waals surface area (Å²) in [5.74, 6) is 0.590. The molecule has 0 N–H and O–H groups in total. The lowest BCUT2D eigenvalue weighted by molar-refractivity contribution is -0.144. The van der Waals surface area contributed by atoms with Crippen LogP contribution >= 0.6 is 0 Å². The maximum absolute atomic E-state index is 12.0. The molecule has 76 valence electrons. The molecular formula is C11H16N2O. The molecule has 0 unspecified atom stereocenters. The van der Waals surface area contributed by atoms with E-state index in [0.29, 0.717) is 12.0 Å². The highest BCUT2D eigenvalue weighted by molar-refractivity contribution is 5.86. The number of nitrogens with zero attached hydrogens (tertiary/aromatic N) is 2. The highest BCUT2D eigenvalue weighted by atomic mass is 16.2. The standard InChI is InChI=1S/C11H16N2O/c1-8-5-11(6-8,7-12)10(14)13(2)9-3-4-9/h8-9H,3-6H2,1-2H3. The van der Waals surface area contributed by atoms with Crippen LogP contribution in [0.2, 0.25) is 0 Å². The molecule has 2 aliphatic carbocycles. The van der Waals surface area contributed by atoms with E-state index in [-0.39, 0.29) is 5.91 Å². The Kier molecular flexibility index (Phi) is 2.02. The van der Waals surface area contributed by atoms with Gasteiger partial charge in [-0.1, -0.05) is 6.92 Å². The summed E-state index contributed by atoms with van der Waals surface area (Å²) in [6.07, 6.45) is 3.72. The maximum atomic E-state index is 12.0. The summed E-state index contributed by atoms with van der Waals surface area (Å²) in [5.41, 5.74) is -0.670. The zero-order valence-electron chi connectivity index (χ0n) is 8.79. The Hall–Kier alpha value is -1.04. The van der Waals surface area contributed by atoms with Crippen molar-refractivity contribution < 1.29 is 4.79 Å². The molecule has 0 bridgehead atoms. The number of carbonyl (C=O) groups excluding carboxylic acids is 1. The fraction of sp³-hybridized carbons (Fsp3) is 0.818. The molecule has 0 spiro atoms. The van der Waals surface area contributed by atoms with Gasteiger partial charge in [0.25, 0.3) is 0 Å². The van der Waals surface area contributed by atoms with Gasteiger partial charge in [0.1, 0.15) is 5.41 Å². The lowest BCUT2D eigenvalue weighted by Gasteiger charge is -2.41. The minimum Gasteiger partial charge on any atom is -0.341 e. The summed E-state index contributed by atoms with van der Waals surface area (Å²) in [6, 6.07) is 2.64. The van der Waals surface area contributed by atoms with Crippen LogP contribution in [0.5, 0.6) is 0 Å². The van der Waals surface area contributed by atoms with Crippen molar-refractivity contribution in [2.75, 3.05) is 7.05 Å². The first-order valence-corrected chi connectivity index (χ1v) is 5.27. The number of amides is 1. The van der Waals surface area contributed by atoms with Crippen molar-refractivity contribution in [1.29, 1.82) is 5.26 Å². The van der Waals surface area contributed by atoms with E-state index in [1.807, 2.05) is 7.05 Å². The molecule has 2 fully saturated rings. The first-order valence-electron chi connectivity index (χ1n) is 5.27. The van der Waals surface area contributed by atoms with Gasteiger partial charge in [-0.3, -0.25) is 4.79 Å². The van der Waals surface area contributed by atoms with Crippen molar-refractivity contribution in [3.05, 3.63) is 0 Å². The van der Waals surface area contributed by atoms with Crippen molar-refractivity contribution in [1.82, 2.24) is 4.90 Å². The van der Waals surface area contributed by atoms with E-state index in [2.05, 4.69) is 13.0 Å². The molecule has 0 aliphatic heterocycles. The number of nitriles is 1. The van der Waals surface area contributed by atoms with Crippen LogP contribution in [0.25, 0.3) is 0 Å². The van der Waals surface area contributed by atoms with E-state index in [4.69, 9.17) is 5.26 Å². The molecule has 3 heteroatoms. The van der Waals surface area contributed by atoms with Gasteiger partial charge in [-0.2, -0.15) is 5.26 Å². The van der Waals surface area contributed by atoms with Crippen LogP contribution in [-0.4, -0.2) is 23.9 Å². The third-order valence-electron chi connectivity index (χ3n) is 3.43. The van der Waals surface area contributed by atoms with Gasteiger partial charge in [-0.15, -0.1) is 0 Å². The highest BCUT2D eigenvalue weighted by Crippen LogP contribution is 2.47. The van der Waals surface area contributed by atoms with Gasteiger partial charge in [0.05, 0.1) is 6.07 Å². The van der Waals surface area contributed by atoms with E-state index < -0.39 is 5.41 Å². The Morgan fingerprint density at radius 2 is 2.07 bits per heavy atom. The Labute approximate surface area is 84.7 Å². The normalized spacial score (nSPS) is 35.6. The highest BCUT2D eigenvalue weighted by Gasteiger charge is 2.51. The second-order valence-electron chi connectivity index (χ2n) is 4.85. The van der Waals surface area contributed by atoms with E-state index in [9.17, 15) is 4.79 Å². The van der Waals surface area contributed by atoms with Crippen LogP contribution in [-0.2, 0) is 4.79 Å². The molecule has 0 heterocycles. The molecule has 0 aromatic heterocycles. The molecular weight excluding hydrogens is 176 g/mol. The van der Waals surface area contributed by atoms with Gasteiger partial charge < -0.3 is 4.90 Å². The minimum absolute atomic E-state index is 0.0561. The molecule has 0 saturated heterocycles. The fourth-order valence-electron chi connectivity index (χ4n) is 2.41. The predicted molar refractivity (Wildman–Crippen MR) is 52.2 cm³/mol. The summed E-state index contributed by atoms with van der Waals surface area (Å²) >= 11 is 0. The Morgan fingerprint density at radius 3 is 2.43 bits per heavy atom. The summed E-state index contributed by atoms with van der Waals surface area (Å²) in [7, 11) is 1.84. The van der Waals surface area contributed by atoms with Crippen LogP contribution in [0.4, 0.5) is 0 Å². The molecule has 2 aliphatic rings. The van der Waals surface area contributed by atoms with Gasteiger partial charge in [-0.25, -0.2) is 0 Å². The predicted octanol–water partition coefficient (Wildman–Crippen LogP) is 1.55. The van der Waals surface area contributed by atoms with Crippen molar-refractivity contribution in [3.8, 4) is 6.07 Å². The molecule has 2 saturated carbocycles. The van der Waals surface area contributed by atoms with Crippen LogP contribution in [0, 0.1) is 22.7 Å². The Morgan fingerprint density at radius 1 is 1.50 bits per heavy atom. The molecule has 0 aromatic rings. The second-order valence-corrected chi connectivity index (χ2v) is 4.85. The van der Waals surface area contributed by atoms with Crippen LogP contribution < -0.4 is 0 Å². The molecule has 1 amide bonds. The number of carbonyl (C=O) groups is 1. The third-order valence-corrected chi connectivity index (χ3v) is 3.43. The third kappa shape index (κ3) is 1.30. The van der Waals surface area contributed by atoms with Crippen LogP contribution in [0.3, 0.4) is 0 Å². The Bertz CT molecular complexity index is 295. The van der Waals surface area contributed by atoms with Gasteiger partial charge in [0.2, 0.25) is 5.91 Å². The molecule has 0 radical (unpaired) electrons. The largest absolute Gasteiger partial charge is 0.341 e. The van der Waals surface area contributed by atoms with E-state index >= 15 is 0 Å². The average molecular weight is 192 g/mol. The molecule has 0 atom stereocenters. The van der Waals surface area contributed by atoms with Crippen LogP contribution in [0.1, 0.15) is 32.6 Å².